The zero-order chi connectivity index (χ0) is 15.4. The van der Waals surface area contributed by atoms with Crippen LogP contribution in [0.2, 0.25) is 0 Å². The van der Waals surface area contributed by atoms with Crippen LogP contribution in [0.15, 0.2) is 18.2 Å². The van der Waals surface area contributed by atoms with E-state index in [1.807, 2.05) is 0 Å². The molecule has 0 spiro atoms. The average Bonchev–Trinajstić information content (AvgIpc) is 2.63. The summed E-state index contributed by atoms with van der Waals surface area (Å²) in [5.74, 6) is -0.464. The molecule has 2 unspecified atom stereocenters. The van der Waals surface area contributed by atoms with Crippen LogP contribution in [-0.2, 0) is 0 Å². The second-order valence-corrected chi connectivity index (χ2v) is 5.75. The molecule has 1 aromatic carbocycles. The van der Waals surface area contributed by atoms with E-state index in [1.165, 1.54) is 18.6 Å². The number of hydrogen-bond acceptors (Lipinski definition) is 4. The Morgan fingerprint density at radius 3 is 2.76 bits per heavy atom. The maximum atomic E-state index is 11.1. The summed E-state index contributed by atoms with van der Waals surface area (Å²) in [6.45, 7) is 2.23. The number of carbonyl (C=O) groups is 1. The van der Waals surface area contributed by atoms with Gasteiger partial charge in [0.1, 0.15) is 5.69 Å². The zero-order valence-corrected chi connectivity index (χ0v) is 12.0. The fourth-order valence-electron chi connectivity index (χ4n) is 2.79. The van der Waals surface area contributed by atoms with Gasteiger partial charge in [0.05, 0.1) is 10.5 Å². The van der Waals surface area contributed by atoms with Crippen molar-refractivity contribution in [2.45, 2.75) is 45.1 Å². The number of nitrogens with zero attached hydrogens (tertiary/aromatic N) is 1. The van der Waals surface area contributed by atoms with Gasteiger partial charge in [0, 0.05) is 12.1 Å². The Balaban J connectivity index is 2.18. The van der Waals surface area contributed by atoms with Crippen LogP contribution in [0, 0.1) is 16.0 Å². The Morgan fingerprint density at radius 2 is 2.10 bits per heavy atom. The molecule has 6 nitrogen and oxygen atoms in total. The molecule has 1 aliphatic carbocycles. The normalized spacial score (nSPS) is 22.3. The van der Waals surface area contributed by atoms with Gasteiger partial charge in [-0.15, -0.1) is 0 Å². The molecule has 2 atom stereocenters. The van der Waals surface area contributed by atoms with Crippen LogP contribution < -0.4 is 5.32 Å². The van der Waals surface area contributed by atoms with Crippen LogP contribution in [0.5, 0.6) is 0 Å². The highest BCUT2D eigenvalue weighted by molar-refractivity contribution is 5.89. The molecule has 1 fully saturated rings. The van der Waals surface area contributed by atoms with E-state index in [0.29, 0.717) is 11.6 Å². The third-order valence-corrected chi connectivity index (χ3v) is 4.06. The molecular formula is C15H20N2O4. The molecule has 2 rings (SSSR count). The number of nitrogens with one attached hydrogen (secondary N) is 1. The minimum atomic E-state index is -1.16. The number of anilines is 1. The second kappa shape index (κ2) is 6.56. The van der Waals surface area contributed by atoms with Gasteiger partial charge < -0.3 is 10.4 Å². The molecule has 0 saturated heterocycles. The highest BCUT2D eigenvalue weighted by atomic mass is 16.6. The fraction of sp³-hybridized carbons (Fsp3) is 0.533. The highest BCUT2D eigenvalue weighted by Crippen LogP contribution is 2.30. The summed E-state index contributed by atoms with van der Waals surface area (Å²) >= 11 is 0. The van der Waals surface area contributed by atoms with Crippen molar-refractivity contribution in [3.8, 4) is 0 Å². The first kappa shape index (κ1) is 15.3. The highest BCUT2D eigenvalue weighted by Gasteiger charge is 2.21. The summed E-state index contributed by atoms with van der Waals surface area (Å²) in [5, 5.41) is 23.3. The van der Waals surface area contributed by atoms with E-state index >= 15 is 0 Å². The van der Waals surface area contributed by atoms with Crippen molar-refractivity contribution in [1.82, 2.24) is 0 Å². The van der Waals surface area contributed by atoms with Gasteiger partial charge in [0.15, 0.2) is 0 Å². The third kappa shape index (κ3) is 3.93. The van der Waals surface area contributed by atoms with Crippen LogP contribution in [0.1, 0.15) is 49.4 Å². The molecule has 0 bridgehead atoms. The van der Waals surface area contributed by atoms with Crippen molar-refractivity contribution in [2.75, 3.05) is 5.32 Å². The van der Waals surface area contributed by atoms with E-state index in [1.54, 1.807) is 0 Å². The maximum absolute atomic E-state index is 11.1. The van der Waals surface area contributed by atoms with Crippen molar-refractivity contribution in [3.63, 3.8) is 0 Å². The molecule has 1 aromatic rings. The van der Waals surface area contributed by atoms with Crippen molar-refractivity contribution < 1.29 is 14.8 Å². The van der Waals surface area contributed by atoms with Crippen LogP contribution in [0.4, 0.5) is 11.4 Å². The fourth-order valence-corrected chi connectivity index (χ4v) is 2.79. The Labute approximate surface area is 123 Å². The molecule has 0 radical (unpaired) electrons. The molecule has 114 valence electrons. The Morgan fingerprint density at radius 1 is 1.33 bits per heavy atom. The number of rotatable bonds is 4. The summed E-state index contributed by atoms with van der Waals surface area (Å²) in [6.07, 6.45) is 5.39. The smallest absolute Gasteiger partial charge is 0.335 e. The van der Waals surface area contributed by atoms with Crippen LogP contribution >= 0.6 is 0 Å². The van der Waals surface area contributed by atoms with Crippen molar-refractivity contribution in [1.29, 1.82) is 0 Å². The second-order valence-electron chi connectivity index (χ2n) is 5.75. The molecule has 0 amide bonds. The first-order valence-corrected chi connectivity index (χ1v) is 7.25. The molecular weight excluding hydrogens is 272 g/mol. The standard InChI is InChI=1S/C15H20N2O4/c1-10-3-2-4-12(7-5-10)16-13-8-6-11(15(18)19)9-14(13)17(20)21/h6,8-10,12,16H,2-5,7H2,1H3,(H,18,19). The Hall–Kier alpha value is -2.11. The molecule has 1 saturated carbocycles. The van der Waals surface area contributed by atoms with Gasteiger partial charge in [0.2, 0.25) is 0 Å². The molecule has 21 heavy (non-hydrogen) atoms. The molecule has 2 N–H and O–H groups in total. The Kier molecular flexibility index (Phi) is 4.77. The number of nitro benzene ring substituents is 1. The molecule has 0 aromatic heterocycles. The quantitative estimate of drug-likeness (QED) is 0.501. The number of aromatic carboxylic acids is 1. The van der Waals surface area contributed by atoms with Crippen LogP contribution in [0.25, 0.3) is 0 Å². The molecule has 0 aliphatic heterocycles. The molecule has 0 heterocycles. The van der Waals surface area contributed by atoms with Crippen molar-refractivity contribution in [3.05, 3.63) is 33.9 Å². The lowest BCUT2D eigenvalue weighted by Crippen LogP contribution is -2.19. The zero-order valence-electron chi connectivity index (χ0n) is 12.0. The maximum Gasteiger partial charge on any atom is 0.335 e. The first-order chi connectivity index (χ1) is 9.97. The lowest BCUT2D eigenvalue weighted by Gasteiger charge is -2.18. The monoisotopic (exact) mass is 292 g/mol. The van der Waals surface area contributed by atoms with Crippen molar-refractivity contribution >= 4 is 17.3 Å². The SMILES string of the molecule is CC1CCCC(Nc2ccc(C(=O)O)cc2[N+](=O)[O-])CC1. The predicted molar refractivity (Wildman–Crippen MR) is 79.7 cm³/mol. The number of benzene rings is 1. The van der Waals surface area contributed by atoms with E-state index in [0.717, 1.165) is 31.7 Å². The summed E-state index contributed by atoms with van der Waals surface area (Å²) < 4.78 is 0. The van der Waals surface area contributed by atoms with E-state index < -0.39 is 10.9 Å². The summed E-state index contributed by atoms with van der Waals surface area (Å²) in [6, 6.07) is 4.22. The van der Waals surface area contributed by atoms with Crippen LogP contribution in [0.3, 0.4) is 0 Å². The van der Waals surface area contributed by atoms with E-state index in [-0.39, 0.29) is 17.3 Å². The summed E-state index contributed by atoms with van der Waals surface area (Å²) in [7, 11) is 0. The van der Waals surface area contributed by atoms with Gasteiger partial charge in [-0.05, 0) is 37.3 Å². The van der Waals surface area contributed by atoms with E-state index in [9.17, 15) is 14.9 Å². The minimum absolute atomic E-state index is 0.0678. The Bertz CT molecular complexity index is 544. The van der Waals surface area contributed by atoms with Gasteiger partial charge in [-0.2, -0.15) is 0 Å². The van der Waals surface area contributed by atoms with Gasteiger partial charge in [-0.3, -0.25) is 10.1 Å². The topological polar surface area (TPSA) is 92.5 Å². The lowest BCUT2D eigenvalue weighted by atomic mass is 10.0. The number of carboxylic acid groups (broad SMARTS) is 1. The predicted octanol–water partition coefficient (Wildman–Crippen LogP) is 3.67. The average molecular weight is 292 g/mol. The minimum Gasteiger partial charge on any atom is -0.478 e. The van der Waals surface area contributed by atoms with E-state index in [2.05, 4.69) is 12.2 Å². The number of carboxylic acids is 1. The largest absolute Gasteiger partial charge is 0.478 e. The van der Waals surface area contributed by atoms with Crippen LogP contribution in [-0.4, -0.2) is 22.0 Å². The lowest BCUT2D eigenvalue weighted by molar-refractivity contribution is -0.384. The molecule has 1 aliphatic rings. The summed E-state index contributed by atoms with van der Waals surface area (Å²) in [4.78, 5) is 21.5. The van der Waals surface area contributed by atoms with Gasteiger partial charge >= 0.3 is 5.97 Å². The van der Waals surface area contributed by atoms with Gasteiger partial charge in [-0.25, -0.2) is 4.79 Å². The van der Waals surface area contributed by atoms with Gasteiger partial charge in [0.25, 0.3) is 5.69 Å². The molecule has 6 heteroatoms. The van der Waals surface area contributed by atoms with Gasteiger partial charge in [-0.1, -0.05) is 19.8 Å². The third-order valence-electron chi connectivity index (χ3n) is 4.06. The summed E-state index contributed by atoms with van der Waals surface area (Å²) in [5.41, 5.74) is 0.165. The van der Waals surface area contributed by atoms with E-state index in [4.69, 9.17) is 5.11 Å². The van der Waals surface area contributed by atoms with Crippen molar-refractivity contribution in [2.24, 2.45) is 5.92 Å². The number of hydrogen-bond donors (Lipinski definition) is 2. The first-order valence-electron chi connectivity index (χ1n) is 7.25. The number of nitro groups is 1.